The van der Waals surface area contributed by atoms with Crippen molar-refractivity contribution < 1.29 is 22.9 Å². The number of aromatic nitrogens is 2. The molecule has 172 valence electrons. The number of benzene rings is 1. The maximum atomic E-state index is 12.9. The van der Waals surface area contributed by atoms with E-state index in [1.54, 1.807) is 12.3 Å². The Kier molecular flexibility index (Phi) is 6.49. The Hall–Kier alpha value is -1.76. The number of nitrogens with zero attached hydrogens (tertiary/aromatic N) is 2. The van der Waals surface area contributed by atoms with E-state index in [2.05, 4.69) is 24.6 Å². The first kappa shape index (κ1) is 23.4. The SMILES string of the molecule is C[Si](C)(C)OCC1OC(n2ccc(O[Si](C)(C)C)nc2=O)C2OB(c3ccccc3)OC12. The maximum absolute atomic E-state index is 12.9. The molecule has 1 aromatic carbocycles. The summed E-state index contributed by atoms with van der Waals surface area (Å²) in [4.78, 5) is 17.0. The number of rotatable bonds is 7. The van der Waals surface area contributed by atoms with Crippen LogP contribution in [0.5, 0.6) is 5.88 Å². The third-order valence-electron chi connectivity index (χ3n) is 5.09. The fourth-order valence-corrected chi connectivity index (χ4v) is 5.16. The standard InChI is InChI=1S/C21H31BN2O6Si2/c1-31(2,3)26-14-16-18-19(29-22(28-18)15-10-8-7-9-11-15)20(27-16)24-13-12-17(23-21(24)25)30-32(4,5)6/h7-13,16,18-20H,14H2,1-6H3. The van der Waals surface area contributed by atoms with E-state index in [-0.39, 0.29) is 12.2 Å². The molecule has 32 heavy (non-hydrogen) atoms. The minimum Gasteiger partial charge on any atom is -0.531 e. The van der Waals surface area contributed by atoms with Crippen molar-refractivity contribution >= 4 is 29.2 Å². The second-order valence-corrected chi connectivity index (χ2v) is 19.0. The van der Waals surface area contributed by atoms with Gasteiger partial charge in [0.1, 0.15) is 18.3 Å². The van der Waals surface area contributed by atoms with Crippen LogP contribution in [0.4, 0.5) is 0 Å². The molecule has 11 heteroatoms. The average Bonchev–Trinajstić information content (AvgIpc) is 3.25. The molecule has 0 radical (unpaired) electrons. The molecule has 2 aliphatic rings. The molecule has 2 aliphatic heterocycles. The summed E-state index contributed by atoms with van der Waals surface area (Å²) in [5.74, 6) is 0.337. The molecule has 0 bridgehead atoms. The van der Waals surface area contributed by atoms with Gasteiger partial charge in [0, 0.05) is 12.3 Å². The van der Waals surface area contributed by atoms with Gasteiger partial charge < -0.3 is 22.9 Å². The van der Waals surface area contributed by atoms with Crippen LogP contribution in [0.1, 0.15) is 6.23 Å². The van der Waals surface area contributed by atoms with Gasteiger partial charge in [-0.25, -0.2) is 4.79 Å². The van der Waals surface area contributed by atoms with E-state index in [0.29, 0.717) is 12.5 Å². The highest BCUT2D eigenvalue weighted by atomic mass is 28.4. The first-order valence-electron chi connectivity index (χ1n) is 10.9. The molecule has 1 aromatic heterocycles. The van der Waals surface area contributed by atoms with E-state index in [0.717, 1.165) is 5.46 Å². The molecular weight excluding hydrogens is 443 g/mol. The minimum atomic E-state index is -1.88. The molecule has 3 heterocycles. The highest BCUT2D eigenvalue weighted by molar-refractivity contribution is 6.70. The maximum Gasteiger partial charge on any atom is 0.494 e. The fraction of sp³-hybridized carbons (Fsp3) is 0.524. The van der Waals surface area contributed by atoms with E-state index >= 15 is 0 Å². The van der Waals surface area contributed by atoms with Crippen LogP contribution >= 0.6 is 0 Å². The van der Waals surface area contributed by atoms with Crippen LogP contribution in [0.25, 0.3) is 0 Å². The van der Waals surface area contributed by atoms with Crippen molar-refractivity contribution in [1.82, 2.24) is 9.55 Å². The van der Waals surface area contributed by atoms with Gasteiger partial charge in [-0.3, -0.25) is 4.57 Å². The van der Waals surface area contributed by atoms with E-state index in [4.69, 9.17) is 22.9 Å². The normalized spacial score (nSPS) is 25.8. The lowest BCUT2D eigenvalue weighted by Gasteiger charge is -2.24. The molecular formula is C21H31BN2O6Si2. The van der Waals surface area contributed by atoms with Crippen LogP contribution in [0.15, 0.2) is 47.4 Å². The largest absolute Gasteiger partial charge is 0.531 e. The molecule has 4 unspecified atom stereocenters. The summed E-state index contributed by atoms with van der Waals surface area (Å²) in [6, 6.07) is 11.5. The molecule has 0 spiro atoms. The quantitative estimate of drug-likeness (QED) is 0.570. The molecule has 0 N–H and O–H groups in total. The van der Waals surface area contributed by atoms with Gasteiger partial charge in [-0.05, 0) is 44.7 Å². The minimum absolute atomic E-state index is 0.337. The summed E-state index contributed by atoms with van der Waals surface area (Å²) >= 11 is 0. The summed E-state index contributed by atoms with van der Waals surface area (Å²) in [6.07, 6.45) is -0.168. The lowest BCUT2D eigenvalue weighted by atomic mass is 9.79. The highest BCUT2D eigenvalue weighted by Crippen LogP contribution is 2.38. The summed E-state index contributed by atoms with van der Waals surface area (Å²) in [7, 11) is -4.16. The van der Waals surface area contributed by atoms with Gasteiger partial charge in [0.25, 0.3) is 0 Å². The average molecular weight is 474 g/mol. The number of hydrogen-bond acceptors (Lipinski definition) is 7. The first-order valence-corrected chi connectivity index (χ1v) is 17.8. The van der Waals surface area contributed by atoms with Gasteiger partial charge in [0.2, 0.25) is 14.2 Å². The van der Waals surface area contributed by atoms with E-state index in [9.17, 15) is 4.79 Å². The lowest BCUT2D eigenvalue weighted by Crippen LogP contribution is -2.39. The van der Waals surface area contributed by atoms with Crippen molar-refractivity contribution in [3.05, 3.63) is 53.1 Å². The van der Waals surface area contributed by atoms with Crippen LogP contribution in [0.2, 0.25) is 39.3 Å². The number of hydrogen-bond donors (Lipinski definition) is 0. The highest BCUT2D eigenvalue weighted by Gasteiger charge is 2.55. The van der Waals surface area contributed by atoms with Crippen molar-refractivity contribution in [3.63, 3.8) is 0 Å². The molecule has 2 aromatic rings. The van der Waals surface area contributed by atoms with Crippen molar-refractivity contribution in [2.24, 2.45) is 0 Å². The number of fused-ring (bicyclic) bond motifs is 1. The topological polar surface area (TPSA) is 81.0 Å². The monoisotopic (exact) mass is 474 g/mol. The Labute approximate surface area is 191 Å². The summed E-state index contributed by atoms with van der Waals surface area (Å²) in [6.45, 7) is 12.9. The Morgan fingerprint density at radius 2 is 1.69 bits per heavy atom. The molecule has 2 saturated heterocycles. The smallest absolute Gasteiger partial charge is 0.494 e. The Morgan fingerprint density at radius 1 is 1.00 bits per heavy atom. The molecule has 0 amide bonds. The number of ether oxygens (including phenoxy) is 1. The Bertz CT molecular complexity index is 994. The van der Waals surface area contributed by atoms with Crippen molar-refractivity contribution in [2.45, 2.75) is 63.8 Å². The van der Waals surface area contributed by atoms with Gasteiger partial charge >= 0.3 is 12.8 Å². The fourth-order valence-electron chi connectivity index (χ4n) is 3.75. The van der Waals surface area contributed by atoms with Crippen LogP contribution in [0.3, 0.4) is 0 Å². The summed E-state index contributed by atoms with van der Waals surface area (Å²) in [5, 5.41) is 0. The van der Waals surface area contributed by atoms with E-state index in [1.807, 2.05) is 50.0 Å². The Morgan fingerprint density at radius 3 is 2.31 bits per heavy atom. The third kappa shape index (κ3) is 5.41. The van der Waals surface area contributed by atoms with Crippen LogP contribution in [0, 0.1) is 0 Å². The van der Waals surface area contributed by atoms with Gasteiger partial charge in [-0.15, -0.1) is 0 Å². The molecule has 0 aliphatic carbocycles. The van der Waals surface area contributed by atoms with Gasteiger partial charge in [-0.1, -0.05) is 30.3 Å². The molecule has 2 fully saturated rings. The zero-order valence-electron chi connectivity index (χ0n) is 19.5. The Balaban J connectivity index is 1.59. The van der Waals surface area contributed by atoms with E-state index in [1.165, 1.54) is 4.57 Å². The summed E-state index contributed by atoms with van der Waals surface area (Å²) in [5.41, 5.74) is 0.484. The molecule has 4 rings (SSSR count). The van der Waals surface area contributed by atoms with Gasteiger partial charge in [-0.2, -0.15) is 4.98 Å². The zero-order chi connectivity index (χ0) is 23.1. The molecule has 4 atom stereocenters. The predicted octanol–water partition coefficient (Wildman–Crippen LogP) is 2.39. The van der Waals surface area contributed by atoms with Gasteiger partial charge in [0.15, 0.2) is 14.5 Å². The first-order chi connectivity index (χ1) is 15.0. The van der Waals surface area contributed by atoms with Crippen LogP contribution < -0.4 is 15.6 Å². The third-order valence-corrected chi connectivity index (χ3v) is 6.94. The molecule has 0 saturated carbocycles. The van der Waals surface area contributed by atoms with Crippen molar-refractivity contribution in [1.29, 1.82) is 0 Å². The summed E-state index contributed by atoms with van der Waals surface area (Å²) < 4.78 is 32.2. The zero-order valence-corrected chi connectivity index (χ0v) is 21.5. The van der Waals surface area contributed by atoms with Crippen molar-refractivity contribution in [2.75, 3.05) is 6.61 Å². The van der Waals surface area contributed by atoms with E-state index < -0.39 is 41.8 Å². The lowest BCUT2D eigenvalue weighted by molar-refractivity contribution is -0.0580. The van der Waals surface area contributed by atoms with Crippen LogP contribution in [-0.2, 0) is 18.5 Å². The van der Waals surface area contributed by atoms with Crippen molar-refractivity contribution in [3.8, 4) is 5.88 Å². The second-order valence-electron chi connectivity index (χ2n) is 10.1. The van der Waals surface area contributed by atoms with Gasteiger partial charge in [0.05, 0.1) is 6.61 Å². The second kappa shape index (κ2) is 8.88. The molecule has 8 nitrogen and oxygen atoms in total. The van der Waals surface area contributed by atoms with Crippen LogP contribution in [-0.4, -0.2) is 58.2 Å². The predicted molar refractivity (Wildman–Crippen MR) is 127 cm³/mol.